The molecule has 0 aromatic carbocycles. The van der Waals surface area contributed by atoms with Crippen LogP contribution in [0.1, 0.15) is 25.2 Å². The fourth-order valence-corrected chi connectivity index (χ4v) is 2.29. The summed E-state index contributed by atoms with van der Waals surface area (Å²) in [6.07, 6.45) is -0.265. The van der Waals surface area contributed by atoms with E-state index in [0.29, 0.717) is 24.7 Å². The van der Waals surface area contributed by atoms with Crippen molar-refractivity contribution in [2.24, 2.45) is 0 Å². The van der Waals surface area contributed by atoms with Crippen molar-refractivity contribution in [1.82, 2.24) is 9.97 Å². The van der Waals surface area contributed by atoms with Crippen molar-refractivity contribution in [3.63, 3.8) is 0 Å². The minimum Gasteiger partial charge on any atom is -0.394 e. The minimum atomic E-state index is -0.383. The van der Waals surface area contributed by atoms with E-state index >= 15 is 0 Å². The number of morpholine rings is 1. The molecule has 1 aromatic heterocycles. The number of hydrogen-bond acceptors (Lipinski definition) is 6. The standard InChI is InChI=1S/C13H18N4O2/c1-9-4-10(5-14)16-12(15-9)17-6-11(7-18)19-13(2,3)8-17/h4,11,18H,6-8H2,1-3H3. The Morgan fingerprint density at radius 2 is 2.32 bits per heavy atom. The Morgan fingerprint density at radius 1 is 1.58 bits per heavy atom. The lowest BCUT2D eigenvalue weighted by Gasteiger charge is -2.42. The number of aliphatic hydroxyl groups is 1. The van der Waals surface area contributed by atoms with Gasteiger partial charge in [-0.1, -0.05) is 0 Å². The molecule has 1 aliphatic rings. The van der Waals surface area contributed by atoms with Gasteiger partial charge in [0.15, 0.2) is 0 Å². The molecule has 1 saturated heterocycles. The van der Waals surface area contributed by atoms with Gasteiger partial charge in [0, 0.05) is 18.8 Å². The normalized spacial score (nSPS) is 22.1. The molecule has 1 atom stereocenters. The smallest absolute Gasteiger partial charge is 0.227 e. The van der Waals surface area contributed by atoms with Crippen molar-refractivity contribution in [3.05, 3.63) is 17.5 Å². The van der Waals surface area contributed by atoms with Crippen LogP contribution in [0.5, 0.6) is 0 Å². The second kappa shape index (κ2) is 5.11. The van der Waals surface area contributed by atoms with E-state index in [1.807, 2.05) is 31.7 Å². The Kier molecular flexibility index (Phi) is 3.69. The van der Waals surface area contributed by atoms with Crippen LogP contribution in [0.4, 0.5) is 5.95 Å². The largest absolute Gasteiger partial charge is 0.394 e. The highest BCUT2D eigenvalue weighted by atomic mass is 16.5. The van der Waals surface area contributed by atoms with E-state index in [1.54, 1.807) is 6.07 Å². The van der Waals surface area contributed by atoms with Crippen molar-refractivity contribution < 1.29 is 9.84 Å². The second-order valence-electron chi connectivity index (χ2n) is 5.37. The maximum Gasteiger partial charge on any atom is 0.227 e. The van der Waals surface area contributed by atoms with Gasteiger partial charge < -0.3 is 14.7 Å². The number of aryl methyl sites for hydroxylation is 1. The summed E-state index contributed by atoms with van der Waals surface area (Å²) in [6.45, 7) is 6.86. The molecule has 102 valence electrons. The molecule has 0 spiro atoms. The first-order chi connectivity index (χ1) is 8.93. The zero-order valence-electron chi connectivity index (χ0n) is 11.4. The van der Waals surface area contributed by atoms with Crippen molar-refractivity contribution in [3.8, 4) is 6.07 Å². The third-order valence-corrected chi connectivity index (χ3v) is 2.92. The molecule has 0 saturated carbocycles. The molecule has 1 fully saturated rings. The predicted molar refractivity (Wildman–Crippen MR) is 69.7 cm³/mol. The second-order valence-corrected chi connectivity index (χ2v) is 5.37. The fourth-order valence-electron chi connectivity index (χ4n) is 2.29. The zero-order chi connectivity index (χ0) is 14.0. The van der Waals surface area contributed by atoms with Gasteiger partial charge in [-0.3, -0.25) is 0 Å². The molecule has 6 heteroatoms. The van der Waals surface area contributed by atoms with Crippen LogP contribution in [-0.4, -0.2) is 46.5 Å². The minimum absolute atomic E-state index is 0.0448. The number of ether oxygens (including phenoxy) is 1. The number of anilines is 1. The molecule has 1 aliphatic heterocycles. The number of nitriles is 1. The third-order valence-electron chi connectivity index (χ3n) is 2.92. The first-order valence-corrected chi connectivity index (χ1v) is 6.23. The molecule has 0 aliphatic carbocycles. The number of rotatable bonds is 2. The van der Waals surface area contributed by atoms with Crippen LogP contribution >= 0.6 is 0 Å². The average Bonchev–Trinajstić information content (AvgIpc) is 2.36. The molecular weight excluding hydrogens is 244 g/mol. The Morgan fingerprint density at radius 3 is 2.95 bits per heavy atom. The quantitative estimate of drug-likeness (QED) is 0.842. The van der Waals surface area contributed by atoms with E-state index in [2.05, 4.69) is 9.97 Å². The Labute approximate surface area is 112 Å². The Balaban J connectivity index is 2.30. The van der Waals surface area contributed by atoms with E-state index in [1.165, 1.54) is 0 Å². The lowest BCUT2D eigenvalue weighted by Crippen LogP contribution is -2.54. The molecule has 6 nitrogen and oxygen atoms in total. The SMILES string of the molecule is Cc1cc(C#N)nc(N2CC(CO)OC(C)(C)C2)n1. The van der Waals surface area contributed by atoms with Crippen LogP contribution in [0.25, 0.3) is 0 Å². The van der Waals surface area contributed by atoms with Gasteiger partial charge >= 0.3 is 0 Å². The molecule has 1 unspecified atom stereocenters. The summed E-state index contributed by atoms with van der Waals surface area (Å²) in [6, 6.07) is 3.69. The maximum atomic E-state index is 9.30. The van der Waals surface area contributed by atoms with Crippen molar-refractivity contribution in [2.75, 3.05) is 24.6 Å². The molecule has 2 rings (SSSR count). The summed E-state index contributed by atoms with van der Waals surface area (Å²) in [7, 11) is 0. The van der Waals surface area contributed by atoms with E-state index in [-0.39, 0.29) is 18.3 Å². The summed E-state index contributed by atoms with van der Waals surface area (Å²) in [4.78, 5) is 10.5. The summed E-state index contributed by atoms with van der Waals surface area (Å²) >= 11 is 0. The van der Waals surface area contributed by atoms with Crippen LogP contribution in [-0.2, 0) is 4.74 Å². The topological polar surface area (TPSA) is 82.3 Å². The zero-order valence-corrected chi connectivity index (χ0v) is 11.4. The van der Waals surface area contributed by atoms with E-state index < -0.39 is 0 Å². The lowest BCUT2D eigenvalue weighted by atomic mass is 10.1. The highest BCUT2D eigenvalue weighted by Gasteiger charge is 2.34. The van der Waals surface area contributed by atoms with Gasteiger partial charge in [0.05, 0.1) is 18.3 Å². The number of hydrogen-bond donors (Lipinski definition) is 1. The lowest BCUT2D eigenvalue weighted by molar-refractivity contribution is -0.101. The van der Waals surface area contributed by atoms with Gasteiger partial charge in [-0.15, -0.1) is 0 Å². The average molecular weight is 262 g/mol. The van der Waals surface area contributed by atoms with Crippen molar-refractivity contribution in [2.45, 2.75) is 32.5 Å². The Bertz CT molecular complexity index is 510. The van der Waals surface area contributed by atoms with Crippen LogP contribution in [0.3, 0.4) is 0 Å². The van der Waals surface area contributed by atoms with Crippen molar-refractivity contribution >= 4 is 5.95 Å². The molecule has 2 heterocycles. The first-order valence-electron chi connectivity index (χ1n) is 6.23. The van der Waals surface area contributed by atoms with Gasteiger partial charge in [0.2, 0.25) is 5.95 Å². The summed E-state index contributed by atoms with van der Waals surface area (Å²) < 4.78 is 5.75. The van der Waals surface area contributed by atoms with Gasteiger partial charge in [0.1, 0.15) is 11.8 Å². The summed E-state index contributed by atoms with van der Waals surface area (Å²) in [5.74, 6) is 0.520. The number of nitrogens with zero attached hydrogens (tertiary/aromatic N) is 4. The fraction of sp³-hybridized carbons (Fsp3) is 0.615. The highest BCUT2D eigenvalue weighted by Crippen LogP contribution is 2.24. The molecule has 0 amide bonds. The first kappa shape index (κ1) is 13.7. The van der Waals surface area contributed by atoms with E-state index in [9.17, 15) is 5.11 Å². The molecular formula is C13H18N4O2. The maximum absolute atomic E-state index is 9.30. The molecule has 0 bridgehead atoms. The van der Waals surface area contributed by atoms with E-state index in [4.69, 9.17) is 10.00 Å². The van der Waals surface area contributed by atoms with Crippen LogP contribution < -0.4 is 4.90 Å². The third kappa shape index (κ3) is 3.19. The number of aliphatic hydroxyl groups excluding tert-OH is 1. The monoisotopic (exact) mass is 262 g/mol. The van der Waals surface area contributed by atoms with Crippen LogP contribution in [0, 0.1) is 18.3 Å². The van der Waals surface area contributed by atoms with E-state index in [0.717, 1.165) is 5.69 Å². The van der Waals surface area contributed by atoms with Gasteiger partial charge in [0.25, 0.3) is 0 Å². The van der Waals surface area contributed by atoms with Crippen LogP contribution in [0.15, 0.2) is 6.07 Å². The predicted octanol–water partition coefficient (Wildman–Crippen LogP) is 0.633. The Hall–Kier alpha value is -1.71. The van der Waals surface area contributed by atoms with Gasteiger partial charge in [-0.05, 0) is 26.8 Å². The molecule has 1 N–H and O–H groups in total. The van der Waals surface area contributed by atoms with Gasteiger partial charge in [-0.2, -0.15) is 5.26 Å². The van der Waals surface area contributed by atoms with Crippen molar-refractivity contribution in [1.29, 1.82) is 5.26 Å². The van der Waals surface area contributed by atoms with Gasteiger partial charge in [-0.25, -0.2) is 9.97 Å². The summed E-state index contributed by atoms with van der Waals surface area (Å²) in [5.41, 5.74) is 0.727. The molecule has 0 radical (unpaired) electrons. The highest BCUT2D eigenvalue weighted by molar-refractivity contribution is 5.37. The number of aromatic nitrogens is 2. The van der Waals surface area contributed by atoms with Crippen LogP contribution in [0.2, 0.25) is 0 Å². The molecule has 1 aromatic rings. The summed E-state index contributed by atoms with van der Waals surface area (Å²) in [5, 5.41) is 18.3. The molecule has 19 heavy (non-hydrogen) atoms.